The van der Waals surface area contributed by atoms with Gasteiger partial charge in [-0.2, -0.15) is 0 Å². The number of hydrogen-bond acceptors (Lipinski definition) is 0. The minimum atomic E-state index is -1.51. The molecule has 1 aromatic carbocycles. The predicted octanol–water partition coefficient (Wildman–Crippen LogP) is 6.71. The van der Waals surface area contributed by atoms with E-state index in [1.165, 1.54) is 56.4 Å². The Morgan fingerprint density at radius 1 is 0.895 bits per heavy atom. The van der Waals surface area contributed by atoms with Crippen LogP contribution >= 0.6 is 26.3 Å². The van der Waals surface area contributed by atoms with Crippen molar-refractivity contribution in [1.82, 2.24) is 0 Å². The molecule has 0 amide bonds. The Morgan fingerprint density at radius 2 is 1.47 bits per heavy atom. The van der Waals surface area contributed by atoms with E-state index in [1.807, 2.05) is 0 Å². The molecule has 0 saturated carbocycles. The average molecular weight is 392 g/mol. The van der Waals surface area contributed by atoms with Crippen molar-refractivity contribution < 1.29 is 0 Å². The molecule has 0 aliphatic carbocycles. The van der Waals surface area contributed by atoms with Gasteiger partial charge >= 0.3 is 133 Å². The molecule has 0 heterocycles. The van der Waals surface area contributed by atoms with Gasteiger partial charge in [-0.1, -0.05) is 0 Å². The van der Waals surface area contributed by atoms with Gasteiger partial charge in [-0.3, -0.25) is 0 Å². The molecule has 0 N–H and O–H groups in total. The maximum absolute atomic E-state index is 2.81. The first-order valence-electron chi connectivity index (χ1n) is 7.67. The fraction of sp³-hybridized carbons (Fsp3) is 0.647. The van der Waals surface area contributed by atoms with Crippen molar-refractivity contribution in [3.63, 3.8) is 0 Å². The van der Waals surface area contributed by atoms with Crippen LogP contribution in [0.15, 0.2) is 30.3 Å². The van der Waals surface area contributed by atoms with E-state index in [4.69, 9.17) is 0 Å². The van der Waals surface area contributed by atoms with Crippen molar-refractivity contribution in [2.45, 2.75) is 51.6 Å². The van der Waals surface area contributed by atoms with Crippen molar-refractivity contribution in [2.75, 3.05) is 19.5 Å². The van der Waals surface area contributed by atoms with Crippen molar-refractivity contribution in [2.24, 2.45) is 0 Å². The molecule has 0 aliphatic rings. The van der Waals surface area contributed by atoms with Crippen LogP contribution in [0, 0.1) is 0 Å². The molecule has 0 nitrogen and oxygen atoms in total. The first-order valence-corrected chi connectivity index (χ1v) is 14.0. The summed E-state index contributed by atoms with van der Waals surface area (Å²) in [5, 5.41) is 0. The molecule has 0 atom stereocenters. The third kappa shape index (κ3) is 8.30. The van der Waals surface area contributed by atoms with Crippen LogP contribution in [0.4, 0.5) is 0 Å². The van der Waals surface area contributed by atoms with E-state index in [0.717, 1.165) is 0 Å². The van der Waals surface area contributed by atoms with Gasteiger partial charge in [0.1, 0.15) is 0 Å². The SMILES string of the molecule is CCCCCCCCP(C)(C)(I)Cc1ccccc1. The zero-order valence-electron chi connectivity index (χ0n) is 12.9. The molecule has 2 heteroatoms. The van der Waals surface area contributed by atoms with Gasteiger partial charge < -0.3 is 0 Å². The van der Waals surface area contributed by atoms with Crippen LogP contribution in [0.5, 0.6) is 0 Å². The van der Waals surface area contributed by atoms with Crippen LogP contribution in [-0.4, -0.2) is 19.5 Å². The summed E-state index contributed by atoms with van der Waals surface area (Å²) < 4.78 is -1.51. The first kappa shape index (κ1) is 17.4. The Labute approximate surface area is 133 Å². The zero-order chi connectivity index (χ0) is 14.2. The molecule has 19 heavy (non-hydrogen) atoms. The summed E-state index contributed by atoms with van der Waals surface area (Å²) in [6.45, 7) is 7.38. The van der Waals surface area contributed by atoms with Crippen molar-refractivity contribution in [3.8, 4) is 0 Å². The quantitative estimate of drug-likeness (QED) is 0.249. The first-order chi connectivity index (χ1) is 8.91. The van der Waals surface area contributed by atoms with E-state index in [0.29, 0.717) is 0 Å². The summed E-state index contributed by atoms with van der Waals surface area (Å²) in [5.41, 5.74) is 1.52. The van der Waals surface area contributed by atoms with Crippen LogP contribution in [0.1, 0.15) is 51.0 Å². The van der Waals surface area contributed by atoms with Crippen LogP contribution in [0.3, 0.4) is 0 Å². The van der Waals surface area contributed by atoms with Crippen molar-refractivity contribution >= 4 is 26.3 Å². The molecule has 0 bridgehead atoms. The standard InChI is InChI=1S/C17H30IP/c1-4-5-6-7-8-12-15-19(2,3,18)16-17-13-10-9-11-14-17/h9-11,13-14H,4-8,12,15-16H2,1-3H3. The molecule has 0 radical (unpaired) electrons. The van der Waals surface area contributed by atoms with E-state index < -0.39 is 4.25 Å². The van der Waals surface area contributed by atoms with Gasteiger partial charge in [0.2, 0.25) is 0 Å². The molecule has 0 saturated heterocycles. The Kier molecular flexibility index (Phi) is 7.32. The summed E-state index contributed by atoms with van der Waals surface area (Å²) in [6.07, 6.45) is 11.2. The molecule has 0 unspecified atom stereocenters. The molecular weight excluding hydrogens is 362 g/mol. The summed E-state index contributed by atoms with van der Waals surface area (Å²) in [7, 11) is 0. The topological polar surface area (TPSA) is 0 Å². The minimum absolute atomic E-state index is 1.29. The average Bonchev–Trinajstić information content (AvgIpc) is 2.33. The normalized spacial score (nSPS) is 14.0. The second kappa shape index (κ2) is 7.98. The van der Waals surface area contributed by atoms with E-state index >= 15 is 0 Å². The number of rotatable bonds is 9. The number of hydrogen-bond donors (Lipinski definition) is 0. The summed E-state index contributed by atoms with van der Waals surface area (Å²) >= 11 is 2.81. The number of halogens is 1. The Bertz CT molecular complexity index is 351. The molecule has 0 aromatic heterocycles. The Hall–Kier alpha value is 0.380. The molecule has 0 fully saturated rings. The van der Waals surface area contributed by atoms with E-state index in [-0.39, 0.29) is 0 Å². The summed E-state index contributed by atoms with van der Waals surface area (Å²) in [5.74, 6) is 0. The van der Waals surface area contributed by atoms with E-state index in [1.54, 1.807) is 0 Å². The molecule has 1 aromatic rings. The third-order valence-electron chi connectivity index (χ3n) is 3.71. The van der Waals surface area contributed by atoms with Crippen LogP contribution in [-0.2, 0) is 6.16 Å². The summed E-state index contributed by atoms with van der Waals surface area (Å²) in [4.78, 5) is 0. The number of benzene rings is 1. The van der Waals surface area contributed by atoms with Gasteiger partial charge in [0.05, 0.1) is 0 Å². The van der Waals surface area contributed by atoms with Gasteiger partial charge in [0.15, 0.2) is 0 Å². The van der Waals surface area contributed by atoms with Gasteiger partial charge in [0, 0.05) is 0 Å². The molecule has 1 rings (SSSR count). The van der Waals surface area contributed by atoms with Crippen LogP contribution < -0.4 is 0 Å². The van der Waals surface area contributed by atoms with Crippen LogP contribution in [0.2, 0.25) is 0 Å². The monoisotopic (exact) mass is 392 g/mol. The van der Waals surface area contributed by atoms with Gasteiger partial charge in [0.25, 0.3) is 0 Å². The third-order valence-corrected chi connectivity index (χ3v) is 9.22. The maximum atomic E-state index is 2.81. The van der Waals surface area contributed by atoms with Gasteiger partial charge in [-0.05, 0) is 0 Å². The van der Waals surface area contributed by atoms with Gasteiger partial charge in [-0.15, -0.1) is 0 Å². The number of unbranched alkanes of at least 4 members (excludes halogenated alkanes) is 5. The molecule has 0 aliphatic heterocycles. The van der Waals surface area contributed by atoms with E-state index in [9.17, 15) is 0 Å². The molecule has 110 valence electrons. The molecule has 0 spiro atoms. The second-order valence-electron chi connectivity index (χ2n) is 6.65. The second-order valence-corrected chi connectivity index (χ2v) is 22.3. The van der Waals surface area contributed by atoms with Crippen molar-refractivity contribution in [1.29, 1.82) is 0 Å². The fourth-order valence-electron chi connectivity index (χ4n) is 2.61. The zero-order valence-corrected chi connectivity index (χ0v) is 15.9. The van der Waals surface area contributed by atoms with Crippen molar-refractivity contribution in [3.05, 3.63) is 35.9 Å². The van der Waals surface area contributed by atoms with Gasteiger partial charge in [-0.25, -0.2) is 0 Å². The Balaban J connectivity index is 2.36. The Morgan fingerprint density at radius 3 is 2.11 bits per heavy atom. The predicted molar refractivity (Wildman–Crippen MR) is 101 cm³/mol. The molecular formula is C17H30IP. The summed E-state index contributed by atoms with van der Waals surface area (Å²) in [6, 6.07) is 11.0. The van der Waals surface area contributed by atoms with E-state index in [2.05, 4.69) is 72.6 Å². The fourth-order valence-corrected chi connectivity index (χ4v) is 7.51. The van der Waals surface area contributed by atoms with Crippen LogP contribution in [0.25, 0.3) is 0 Å².